The van der Waals surface area contributed by atoms with Crippen LogP contribution in [-0.4, -0.2) is 70.1 Å². The van der Waals surface area contributed by atoms with Crippen LogP contribution < -0.4 is 5.32 Å². The van der Waals surface area contributed by atoms with E-state index in [-0.39, 0.29) is 11.4 Å². The maximum Gasteiger partial charge on any atom is 0.230 e. The summed E-state index contributed by atoms with van der Waals surface area (Å²) in [4.78, 5) is 18.9. The standard InChI is InChI=1S/C20H27N5O2S/c1-20(2,25-10-12-27-13-11-25)15-21-18(26)14-28-19-22-17(23-24-19)9-8-16-6-4-3-5-7-16/h3-9H,10-15H2,1-2H3,(H,21,26)(H,22,23,24). The average Bonchev–Trinajstić information content (AvgIpc) is 3.19. The van der Waals surface area contributed by atoms with E-state index >= 15 is 0 Å². The predicted octanol–water partition coefficient (Wildman–Crippen LogP) is 2.29. The minimum atomic E-state index is -0.0932. The highest BCUT2D eigenvalue weighted by atomic mass is 32.2. The van der Waals surface area contributed by atoms with Gasteiger partial charge in [0.05, 0.1) is 19.0 Å². The van der Waals surface area contributed by atoms with Crippen molar-refractivity contribution in [2.45, 2.75) is 24.5 Å². The summed E-state index contributed by atoms with van der Waals surface area (Å²) in [5.74, 6) is 0.941. The van der Waals surface area contributed by atoms with Crippen LogP contribution in [-0.2, 0) is 9.53 Å². The van der Waals surface area contributed by atoms with E-state index in [4.69, 9.17) is 4.74 Å². The van der Waals surface area contributed by atoms with Crippen LogP contribution in [0.5, 0.6) is 0 Å². The number of ether oxygens (including phenoxy) is 1. The van der Waals surface area contributed by atoms with Crippen LogP contribution in [0.3, 0.4) is 0 Å². The Morgan fingerprint density at radius 1 is 1.29 bits per heavy atom. The molecule has 7 nitrogen and oxygen atoms in total. The first kappa shape index (κ1) is 20.6. The van der Waals surface area contributed by atoms with E-state index in [2.05, 4.69) is 39.2 Å². The third kappa shape index (κ3) is 6.19. The number of H-pyrrole nitrogens is 1. The van der Waals surface area contributed by atoms with Crippen molar-refractivity contribution >= 4 is 29.8 Å². The zero-order valence-electron chi connectivity index (χ0n) is 16.4. The maximum atomic E-state index is 12.2. The SMILES string of the molecule is CC(C)(CNC(=O)CSc1n[nH]c(C=Cc2ccccc2)n1)N1CCOCC1. The van der Waals surface area contributed by atoms with Crippen molar-refractivity contribution in [3.8, 4) is 0 Å². The Bertz CT molecular complexity index is 785. The fourth-order valence-electron chi connectivity index (χ4n) is 2.91. The highest BCUT2D eigenvalue weighted by Crippen LogP contribution is 2.16. The maximum absolute atomic E-state index is 12.2. The van der Waals surface area contributed by atoms with Crippen molar-refractivity contribution in [2.24, 2.45) is 0 Å². The molecule has 1 fully saturated rings. The molecule has 0 unspecified atom stereocenters. The van der Waals surface area contributed by atoms with Gasteiger partial charge in [-0.15, -0.1) is 5.10 Å². The van der Waals surface area contributed by atoms with Crippen LogP contribution in [0.2, 0.25) is 0 Å². The molecule has 1 aromatic heterocycles. The lowest BCUT2D eigenvalue weighted by molar-refractivity contribution is -0.119. The van der Waals surface area contributed by atoms with Crippen LogP contribution >= 0.6 is 11.8 Å². The van der Waals surface area contributed by atoms with Gasteiger partial charge in [0, 0.05) is 25.2 Å². The molecular formula is C20H27N5O2S. The number of rotatable bonds is 8. The third-order valence-corrected chi connectivity index (χ3v) is 5.48. The molecule has 1 aromatic carbocycles. The smallest absolute Gasteiger partial charge is 0.230 e. The average molecular weight is 402 g/mol. The third-order valence-electron chi connectivity index (χ3n) is 4.63. The number of carbonyl (C=O) groups excluding carboxylic acids is 1. The summed E-state index contributed by atoms with van der Waals surface area (Å²) in [5, 5.41) is 10.6. The largest absolute Gasteiger partial charge is 0.379 e. The Balaban J connectivity index is 1.42. The Kier molecular flexibility index (Phi) is 7.24. The fraction of sp³-hybridized carbons (Fsp3) is 0.450. The van der Waals surface area contributed by atoms with Gasteiger partial charge in [-0.2, -0.15) is 0 Å². The van der Waals surface area contributed by atoms with Crippen LogP contribution in [0.25, 0.3) is 12.2 Å². The van der Waals surface area contributed by atoms with E-state index in [0.717, 1.165) is 31.9 Å². The zero-order chi connectivity index (χ0) is 19.8. The number of aromatic amines is 1. The lowest BCUT2D eigenvalue weighted by Crippen LogP contribution is -2.55. The molecule has 28 heavy (non-hydrogen) atoms. The van der Waals surface area contributed by atoms with Crippen molar-refractivity contribution in [3.63, 3.8) is 0 Å². The zero-order valence-corrected chi connectivity index (χ0v) is 17.2. The number of morpholine rings is 1. The molecule has 0 bridgehead atoms. The Morgan fingerprint density at radius 3 is 2.79 bits per heavy atom. The molecule has 150 valence electrons. The normalized spacial score (nSPS) is 15.8. The number of thioether (sulfide) groups is 1. The first-order valence-electron chi connectivity index (χ1n) is 9.41. The predicted molar refractivity (Wildman–Crippen MR) is 112 cm³/mol. The van der Waals surface area contributed by atoms with Crippen molar-refractivity contribution in [1.29, 1.82) is 0 Å². The van der Waals surface area contributed by atoms with Crippen LogP contribution in [0.1, 0.15) is 25.2 Å². The second-order valence-electron chi connectivity index (χ2n) is 7.22. The molecule has 0 radical (unpaired) electrons. The number of nitrogens with zero attached hydrogens (tertiary/aromatic N) is 3. The van der Waals surface area contributed by atoms with E-state index in [1.54, 1.807) is 0 Å². The first-order valence-corrected chi connectivity index (χ1v) is 10.4. The molecule has 0 aliphatic carbocycles. The molecule has 1 amide bonds. The van der Waals surface area contributed by atoms with Crippen molar-refractivity contribution in [2.75, 3.05) is 38.6 Å². The van der Waals surface area contributed by atoms with Crippen molar-refractivity contribution < 1.29 is 9.53 Å². The molecular weight excluding hydrogens is 374 g/mol. The monoisotopic (exact) mass is 401 g/mol. The number of nitrogens with one attached hydrogen (secondary N) is 2. The van der Waals surface area contributed by atoms with E-state index in [0.29, 0.717) is 23.3 Å². The molecule has 3 rings (SSSR count). The Hall–Kier alpha value is -2.16. The summed E-state index contributed by atoms with van der Waals surface area (Å²) in [6.07, 6.45) is 3.84. The molecule has 1 saturated heterocycles. The van der Waals surface area contributed by atoms with Crippen LogP contribution in [0.15, 0.2) is 35.5 Å². The minimum absolute atomic E-state index is 0.0162. The molecule has 2 heterocycles. The van der Waals surface area contributed by atoms with Gasteiger partial charge in [0.25, 0.3) is 0 Å². The van der Waals surface area contributed by atoms with Gasteiger partial charge in [0.1, 0.15) is 5.82 Å². The van der Waals surface area contributed by atoms with E-state index in [1.165, 1.54) is 11.8 Å². The number of hydrogen-bond donors (Lipinski definition) is 2. The molecule has 2 N–H and O–H groups in total. The van der Waals surface area contributed by atoms with E-state index in [1.807, 2.05) is 42.5 Å². The summed E-state index contributed by atoms with van der Waals surface area (Å²) in [6, 6.07) is 9.99. The van der Waals surface area contributed by atoms with Gasteiger partial charge in [-0.3, -0.25) is 14.8 Å². The summed E-state index contributed by atoms with van der Waals surface area (Å²) in [6.45, 7) is 8.19. The van der Waals surface area contributed by atoms with Crippen LogP contribution in [0.4, 0.5) is 0 Å². The molecule has 0 spiro atoms. The van der Waals surface area contributed by atoms with E-state index in [9.17, 15) is 4.79 Å². The second kappa shape index (κ2) is 9.86. The Morgan fingerprint density at radius 2 is 2.04 bits per heavy atom. The second-order valence-corrected chi connectivity index (χ2v) is 8.17. The van der Waals surface area contributed by atoms with Crippen molar-refractivity contribution in [3.05, 3.63) is 41.7 Å². The number of hydrogen-bond acceptors (Lipinski definition) is 6. The minimum Gasteiger partial charge on any atom is -0.379 e. The number of benzene rings is 1. The highest BCUT2D eigenvalue weighted by molar-refractivity contribution is 7.99. The molecule has 0 atom stereocenters. The summed E-state index contributed by atoms with van der Waals surface area (Å²) in [7, 11) is 0. The highest BCUT2D eigenvalue weighted by Gasteiger charge is 2.28. The quantitative estimate of drug-likeness (QED) is 0.661. The molecule has 0 saturated carbocycles. The molecule has 8 heteroatoms. The Labute approximate surface area is 169 Å². The number of carbonyl (C=O) groups is 1. The molecule has 2 aromatic rings. The van der Waals surface area contributed by atoms with Crippen LogP contribution in [0, 0.1) is 0 Å². The first-order chi connectivity index (χ1) is 13.5. The van der Waals surface area contributed by atoms with Gasteiger partial charge < -0.3 is 10.1 Å². The molecule has 1 aliphatic heterocycles. The number of aromatic nitrogens is 3. The van der Waals surface area contributed by atoms with Gasteiger partial charge in [0.15, 0.2) is 0 Å². The molecule has 1 aliphatic rings. The summed E-state index contributed by atoms with van der Waals surface area (Å²) < 4.78 is 5.40. The lowest BCUT2D eigenvalue weighted by Gasteiger charge is -2.40. The van der Waals surface area contributed by atoms with Gasteiger partial charge in [-0.1, -0.05) is 48.2 Å². The summed E-state index contributed by atoms with van der Waals surface area (Å²) in [5.41, 5.74) is 1.000. The van der Waals surface area contributed by atoms with Gasteiger partial charge in [0.2, 0.25) is 11.1 Å². The van der Waals surface area contributed by atoms with Gasteiger partial charge in [-0.05, 0) is 25.5 Å². The van der Waals surface area contributed by atoms with E-state index < -0.39 is 0 Å². The van der Waals surface area contributed by atoms with Gasteiger partial charge >= 0.3 is 0 Å². The summed E-state index contributed by atoms with van der Waals surface area (Å²) >= 11 is 1.32. The van der Waals surface area contributed by atoms with Gasteiger partial charge in [-0.25, -0.2) is 4.98 Å². The fourth-order valence-corrected chi connectivity index (χ4v) is 3.55. The van der Waals surface area contributed by atoms with Crippen molar-refractivity contribution in [1.82, 2.24) is 25.4 Å². The topological polar surface area (TPSA) is 83.1 Å². The number of amides is 1. The lowest BCUT2D eigenvalue weighted by atomic mass is 10.0.